The number of aromatic nitrogens is 1. The van der Waals surface area contributed by atoms with Gasteiger partial charge in [0, 0.05) is 24.5 Å². The van der Waals surface area contributed by atoms with Gasteiger partial charge in [-0.15, -0.1) is 35.3 Å². The van der Waals surface area contributed by atoms with Crippen molar-refractivity contribution >= 4 is 41.3 Å². The van der Waals surface area contributed by atoms with Crippen molar-refractivity contribution in [1.29, 1.82) is 0 Å². The van der Waals surface area contributed by atoms with E-state index in [1.807, 2.05) is 7.05 Å². The number of rotatable bonds is 6. The molecule has 24 heavy (non-hydrogen) atoms. The maximum absolute atomic E-state index is 4.58. The third kappa shape index (κ3) is 6.48. The molecule has 2 heterocycles. The number of hydrogen-bond donors (Lipinski definition) is 2. The van der Waals surface area contributed by atoms with Gasteiger partial charge in [0.15, 0.2) is 5.96 Å². The highest BCUT2D eigenvalue weighted by Crippen LogP contribution is 2.19. The molecular formula is C17H32IN5S. The first kappa shape index (κ1) is 21.6. The van der Waals surface area contributed by atoms with Crippen LogP contribution in [-0.2, 0) is 13.0 Å². The zero-order valence-corrected chi connectivity index (χ0v) is 18.5. The van der Waals surface area contributed by atoms with E-state index >= 15 is 0 Å². The summed E-state index contributed by atoms with van der Waals surface area (Å²) < 4.78 is 0. The van der Waals surface area contributed by atoms with Crippen LogP contribution in [-0.4, -0.2) is 48.1 Å². The predicted octanol–water partition coefficient (Wildman–Crippen LogP) is 3.25. The molecule has 0 saturated carbocycles. The number of nitrogens with zero attached hydrogens (tertiary/aromatic N) is 3. The first-order chi connectivity index (χ1) is 11.0. The molecule has 0 amide bonds. The molecule has 1 aliphatic heterocycles. The SMILES string of the molecule is CCc1nc(CNC(=NC)NCC(C)(C)N2CCCCC2)cs1.I. The molecule has 138 valence electrons. The highest BCUT2D eigenvalue weighted by molar-refractivity contribution is 14.0. The van der Waals surface area contributed by atoms with Crippen LogP contribution in [0, 0.1) is 0 Å². The van der Waals surface area contributed by atoms with Crippen molar-refractivity contribution in [3.8, 4) is 0 Å². The van der Waals surface area contributed by atoms with Gasteiger partial charge in [0.05, 0.1) is 17.2 Å². The van der Waals surface area contributed by atoms with E-state index < -0.39 is 0 Å². The van der Waals surface area contributed by atoms with E-state index in [1.165, 1.54) is 37.4 Å². The smallest absolute Gasteiger partial charge is 0.191 e. The molecule has 1 aromatic heterocycles. The van der Waals surface area contributed by atoms with Crippen LogP contribution in [0.3, 0.4) is 0 Å². The lowest BCUT2D eigenvalue weighted by Gasteiger charge is -2.41. The minimum absolute atomic E-state index is 0. The largest absolute Gasteiger partial charge is 0.355 e. The molecule has 1 fully saturated rings. The van der Waals surface area contributed by atoms with Crippen molar-refractivity contribution in [2.45, 2.75) is 58.5 Å². The van der Waals surface area contributed by atoms with Crippen LogP contribution < -0.4 is 10.6 Å². The lowest BCUT2D eigenvalue weighted by Crippen LogP contribution is -2.54. The quantitative estimate of drug-likeness (QED) is 0.385. The maximum Gasteiger partial charge on any atom is 0.191 e. The molecule has 0 bridgehead atoms. The van der Waals surface area contributed by atoms with Crippen LogP contribution in [0.1, 0.15) is 50.7 Å². The summed E-state index contributed by atoms with van der Waals surface area (Å²) in [5, 5.41) is 10.1. The van der Waals surface area contributed by atoms with Crippen LogP contribution in [0.2, 0.25) is 0 Å². The highest BCUT2D eigenvalue weighted by atomic mass is 127. The van der Waals surface area contributed by atoms with Gasteiger partial charge in [0.2, 0.25) is 0 Å². The summed E-state index contributed by atoms with van der Waals surface area (Å²) in [5.41, 5.74) is 1.23. The molecule has 0 spiro atoms. The molecule has 0 radical (unpaired) electrons. The van der Waals surface area contributed by atoms with Gasteiger partial charge in [-0.2, -0.15) is 0 Å². The summed E-state index contributed by atoms with van der Waals surface area (Å²) in [6.07, 6.45) is 5.01. The Kier molecular flexibility index (Phi) is 9.51. The first-order valence-corrected chi connectivity index (χ1v) is 9.56. The Balaban J connectivity index is 0.00000288. The Labute approximate surface area is 167 Å². The van der Waals surface area contributed by atoms with E-state index in [0.29, 0.717) is 0 Å². The fourth-order valence-corrected chi connectivity index (χ4v) is 3.64. The van der Waals surface area contributed by atoms with E-state index in [0.717, 1.165) is 31.2 Å². The van der Waals surface area contributed by atoms with Crippen molar-refractivity contribution in [2.24, 2.45) is 4.99 Å². The Morgan fingerprint density at radius 2 is 2.00 bits per heavy atom. The van der Waals surface area contributed by atoms with Gasteiger partial charge < -0.3 is 10.6 Å². The minimum atomic E-state index is 0. The van der Waals surface area contributed by atoms with Gasteiger partial charge in [-0.25, -0.2) is 4.98 Å². The molecule has 2 rings (SSSR count). The summed E-state index contributed by atoms with van der Waals surface area (Å²) >= 11 is 1.73. The topological polar surface area (TPSA) is 52.6 Å². The Morgan fingerprint density at radius 3 is 2.58 bits per heavy atom. The average molecular weight is 465 g/mol. The van der Waals surface area contributed by atoms with E-state index in [1.54, 1.807) is 11.3 Å². The van der Waals surface area contributed by atoms with Gasteiger partial charge in [-0.3, -0.25) is 9.89 Å². The van der Waals surface area contributed by atoms with Crippen molar-refractivity contribution < 1.29 is 0 Å². The number of thiazole rings is 1. The van der Waals surface area contributed by atoms with Crippen LogP contribution in [0.25, 0.3) is 0 Å². The summed E-state index contributed by atoms with van der Waals surface area (Å²) in [6.45, 7) is 10.8. The Bertz CT molecular complexity index is 509. The van der Waals surface area contributed by atoms with Crippen LogP contribution >= 0.6 is 35.3 Å². The zero-order chi connectivity index (χ0) is 16.7. The molecule has 0 unspecified atom stereocenters. The fourth-order valence-electron chi connectivity index (χ4n) is 2.90. The van der Waals surface area contributed by atoms with E-state index in [9.17, 15) is 0 Å². The number of guanidine groups is 1. The number of aryl methyl sites for hydroxylation is 1. The zero-order valence-electron chi connectivity index (χ0n) is 15.4. The first-order valence-electron chi connectivity index (χ1n) is 8.68. The highest BCUT2D eigenvalue weighted by Gasteiger charge is 2.27. The standard InChI is InChI=1S/C17H31N5S.HI/c1-5-15-21-14(12-23-15)11-19-16(18-4)20-13-17(2,3)22-9-7-6-8-10-22;/h12H,5-11,13H2,1-4H3,(H2,18,19,20);1H. The third-order valence-corrected chi connectivity index (χ3v) is 5.50. The third-order valence-electron chi connectivity index (χ3n) is 4.46. The van der Waals surface area contributed by atoms with Gasteiger partial charge in [0.1, 0.15) is 0 Å². The summed E-state index contributed by atoms with van der Waals surface area (Å²) in [7, 11) is 1.82. The number of likely N-dealkylation sites (tertiary alicyclic amines) is 1. The average Bonchev–Trinajstić information content (AvgIpc) is 3.04. The van der Waals surface area contributed by atoms with Gasteiger partial charge in [-0.1, -0.05) is 13.3 Å². The van der Waals surface area contributed by atoms with E-state index in [4.69, 9.17) is 0 Å². The maximum atomic E-state index is 4.58. The van der Waals surface area contributed by atoms with Crippen LogP contribution in [0.4, 0.5) is 0 Å². The molecule has 5 nitrogen and oxygen atoms in total. The monoisotopic (exact) mass is 465 g/mol. The lowest BCUT2D eigenvalue weighted by atomic mass is 9.98. The number of aliphatic imine (C=N–C) groups is 1. The van der Waals surface area contributed by atoms with Crippen molar-refractivity contribution in [3.05, 3.63) is 16.1 Å². The molecule has 1 aromatic rings. The Hall–Kier alpha value is -0.410. The summed E-state index contributed by atoms with van der Waals surface area (Å²) in [5.74, 6) is 0.848. The van der Waals surface area contributed by atoms with Crippen LogP contribution in [0.5, 0.6) is 0 Å². The molecule has 0 aliphatic carbocycles. The minimum Gasteiger partial charge on any atom is -0.355 e. The number of hydrogen-bond acceptors (Lipinski definition) is 4. The van der Waals surface area contributed by atoms with Gasteiger partial charge in [-0.05, 0) is 46.2 Å². The number of piperidine rings is 1. The molecule has 0 aromatic carbocycles. The molecule has 1 aliphatic rings. The normalized spacial score (nSPS) is 16.6. The lowest BCUT2D eigenvalue weighted by molar-refractivity contribution is 0.0982. The second kappa shape index (κ2) is 10.6. The fraction of sp³-hybridized carbons (Fsp3) is 0.765. The molecular weight excluding hydrogens is 433 g/mol. The predicted molar refractivity (Wildman–Crippen MR) is 115 cm³/mol. The molecule has 1 saturated heterocycles. The molecule has 2 N–H and O–H groups in total. The van der Waals surface area contributed by atoms with E-state index in [-0.39, 0.29) is 29.5 Å². The van der Waals surface area contributed by atoms with Crippen molar-refractivity contribution in [3.63, 3.8) is 0 Å². The summed E-state index contributed by atoms with van der Waals surface area (Å²) in [4.78, 5) is 11.5. The second-order valence-corrected chi connectivity index (χ2v) is 7.67. The van der Waals surface area contributed by atoms with Gasteiger partial charge in [0.25, 0.3) is 0 Å². The van der Waals surface area contributed by atoms with Crippen molar-refractivity contribution in [1.82, 2.24) is 20.5 Å². The second-order valence-electron chi connectivity index (χ2n) is 6.73. The van der Waals surface area contributed by atoms with Crippen molar-refractivity contribution in [2.75, 3.05) is 26.7 Å². The number of halogens is 1. The molecule has 7 heteroatoms. The molecule has 0 atom stereocenters. The summed E-state index contributed by atoms with van der Waals surface area (Å²) in [6, 6.07) is 0. The van der Waals surface area contributed by atoms with Crippen LogP contribution in [0.15, 0.2) is 10.4 Å². The van der Waals surface area contributed by atoms with E-state index in [2.05, 4.69) is 51.7 Å². The van der Waals surface area contributed by atoms with Gasteiger partial charge >= 0.3 is 0 Å². The number of nitrogens with one attached hydrogen (secondary N) is 2. The Morgan fingerprint density at radius 1 is 1.29 bits per heavy atom.